The van der Waals surface area contributed by atoms with E-state index in [1.807, 2.05) is 0 Å². The lowest BCUT2D eigenvalue weighted by Gasteiger charge is -2.21. The summed E-state index contributed by atoms with van der Waals surface area (Å²) < 4.78 is 31.9. The molecule has 8 heteroatoms. The third-order valence-electron chi connectivity index (χ3n) is 2.84. The zero-order chi connectivity index (χ0) is 13.2. The first-order chi connectivity index (χ1) is 8.49. The first-order valence-electron chi connectivity index (χ1n) is 5.76. The molecule has 0 amide bonds. The van der Waals surface area contributed by atoms with Crippen LogP contribution in [0.4, 0.5) is 0 Å². The van der Waals surface area contributed by atoms with Crippen LogP contribution in [0.3, 0.4) is 0 Å². The van der Waals surface area contributed by atoms with Gasteiger partial charge in [0, 0.05) is 18.8 Å². The van der Waals surface area contributed by atoms with Gasteiger partial charge < -0.3 is 9.72 Å². The quantitative estimate of drug-likeness (QED) is 0.843. The Bertz CT molecular complexity index is 555. The lowest BCUT2D eigenvalue weighted by atomic mass is 10.0. The van der Waals surface area contributed by atoms with Gasteiger partial charge in [-0.25, -0.2) is 13.1 Å². The van der Waals surface area contributed by atoms with E-state index in [9.17, 15) is 13.2 Å². The second-order valence-corrected chi connectivity index (χ2v) is 7.31. The molecule has 0 aromatic carbocycles. The van der Waals surface area contributed by atoms with Gasteiger partial charge in [-0.1, -0.05) is 11.3 Å². The monoisotopic (exact) mass is 292 g/mol. The van der Waals surface area contributed by atoms with Crippen LogP contribution >= 0.6 is 11.3 Å². The smallest absolute Gasteiger partial charge is 0.305 e. The molecule has 102 valence electrons. The number of ether oxygens (including phenoxy) is 1. The van der Waals surface area contributed by atoms with E-state index in [4.69, 9.17) is 4.74 Å². The molecule has 1 fully saturated rings. The fourth-order valence-electron chi connectivity index (χ4n) is 1.91. The largest absolute Gasteiger partial charge is 0.381 e. The number of aromatic nitrogens is 1. The molecular weight excluding hydrogens is 276 g/mol. The van der Waals surface area contributed by atoms with Crippen LogP contribution in [0.2, 0.25) is 0 Å². The van der Waals surface area contributed by atoms with Gasteiger partial charge in [0.15, 0.2) is 4.21 Å². The van der Waals surface area contributed by atoms with Gasteiger partial charge in [0.25, 0.3) is 10.0 Å². The van der Waals surface area contributed by atoms with Crippen molar-refractivity contribution in [3.8, 4) is 0 Å². The zero-order valence-electron chi connectivity index (χ0n) is 10.1. The van der Waals surface area contributed by atoms with Crippen molar-refractivity contribution in [3.05, 3.63) is 15.4 Å². The standard InChI is InChI=1S/C10H16N2O4S2/c1-7-9(17-10(13)12-7)18(14,15)11-5-8-3-2-4-16-6-8/h8,11H,2-6H2,1H3,(H,12,13). The third kappa shape index (κ3) is 3.19. The minimum absolute atomic E-state index is 0.0734. The van der Waals surface area contributed by atoms with Gasteiger partial charge in [-0.15, -0.1) is 0 Å². The summed E-state index contributed by atoms with van der Waals surface area (Å²) >= 11 is 0.715. The molecule has 1 aliphatic rings. The van der Waals surface area contributed by atoms with E-state index in [2.05, 4.69) is 9.71 Å². The summed E-state index contributed by atoms with van der Waals surface area (Å²) in [4.78, 5) is 13.2. The molecule has 2 rings (SSSR count). The van der Waals surface area contributed by atoms with Crippen molar-refractivity contribution < 1.29 is 13.2 Å². The minimum Gasteiger partial charge on any atom is -0.381 e. The molecule has 1 aromatic heterocycles. The number of H-pyrrole nitrogens is 1. The zero-order valence-corrected chi connectivity index (χ0v) is 11.7. The molecule has 2 N–H and O–H groups in total. The first-order valence-corrected chi connectivity index (χ1v) is 8.06. The molecule has 0 aliphatic carbocycles. The van der Waals surface area contributed by atoms with E-state index in [1.54, 1.807) is 6.92 Å². The molecule has 1 atom stereocenters. The molecule has 0 spiro atoms. The van der Waals surface area contributed by atoms with Gasteiger partial charge in [0.2, 0.25) is 0 Å². The Morgan fingerprint density at radius 3 is 2.89 bits per heavy atom. The van der Waals surface area contributed by atoms with E-state index < -0.39 is 10.0 Å². The Hall–Kier alpha value is -0.700. The highest BCUT2D eigenvalue weighted by Gasteiger charge is 2.22. The fourth-order valence-corrected chi connectivity index (χ4v) is 4.37. The second kappa shape index (κ2) is 5.52. The van der Waals surface area contributed by atoms with Crippen LogP contribution in [-0.4, -0.2) is 33.2 Å². The van der Waals surface area contributed by atoms with Gasteiger partial charge in [0.1, 0.15) is 0 Å². The Balaban J connectivity index is 2.03. The third-order valence-corrected chi connectivity index (χ3v) is 5.87. The molecule has 18 heavy (non-hydrogen) atoms. The van der Waals surface area contributed by atoms with Crippen molar-refractivity contribution in [2.24, 2.45) is 5.92 Å². The highest BCUT2D eigenvalue weighted by molar-refractivity contribution is 7.91. The summed E-state index contributed by atoms with van der Waals surface area (Å²) in [5.41, 5.74) is 0.386. The number of hydrogen-bond acceptors (Lipinski definition) is 5. The van der Waals surface area contributed by atoms with E-state index in [0.717, 1.165) is 19.4 Å². The molecular formula is C10H16N2O4S2. The number of sulfonamides is 1. The maximum Gasteiger partial charge on any atom is 0.305 e. The van der Waals surface area contributed by atoms with Gasteiger partial charge >= 0.3 is 4.87 Å². The van der Waals surface area contributed by atoms with Gasteiger partial charge in [-0.05, 0) is 25.7 Å². The maximum absolute atomic E-state index is 12.0. The van der Waals surface area contributed by atoms with Crippen molar-refractivity contribution >= 4 is 21.4 Å². The summed E-state index contributed by atoms with van der Waals surface area (Å²) in [6, 6.07) is 0. The Morgan fingerprint density at radius 2 is 2.33 bits per heavy atom. The van der Waals surface area contributed by atoms with Crippen LogP contribution in [0, 0.1) is 12.8 Å². The number of rotatable bonds is 4. The molecule has 0 radical (unpaired) electrons. The highest BCUT2D eigenvalue weighted by atomic mass is 32.2. The number of nitrogens with one attached hydrogen (secondary N) is 2. The Kier molecular flexibility index (Phi) is 4.21. The van der Waals surface area contributed by atoms with Crippen LogP contribution in [0.1, 0.15) is 18.5 Å². The van der Waals surface area contributed by atoms with Gasteiger partial charge in [0.05, 0.1) is 6.61 Å². The summed E-state index contributed by atoms with van der Waals surface area (Å²) in [5.74, 6) is 0.212. The summed E-state index contributed by atoms with van der Waals surface area (Å²) in [6.07, 6.45) is 1.92. The number of aromatic amines is 1. The van der Waals surface area contributed by atoms with E-state index in [0.29, 0.717) is 30.2 Å². The maximum atomic E-state index is 12.0. The molecule has 1 unspecified atom stereocenters. The molecule has 0 bridgehead atoms. The lowest BCUT2D eigenvalue weighted by molar-refractivity contribution is 0.0568. The SMILES string of the molecule is Cc1[nH]c(=O)sc1S(=O)(=O)NCC1CCCOC1. The predicted molar refractivity (Wildman–Crippen MR) is 68.4 cm³/mol. The molecule has 0 saturated carbocycles. The van der Waals surface area contributed by atoms with Gasteiger partial charge in [-0.3, -0.25) is 4.79 Å². The predicted octanol–water partition coefficient (Wildman–Crippen LogP) is 0.450. The molecule has 1 aromatic rings. The molecule has 1 aliphatic heterocycles. The summed E-state index contributed by atoms with van der Waals surface area (Å²) in [5, 5.41) is 0. The van der Waals surface area contributed by atoms with Crippen molar-refractivity contribution in [3.63, 3.8) is 0 Å². The average molecular weight is 292 g/mol. The molecule has 1 saturated heterocycles. The van der Waals surface area contributed by atoms with Crippen LogP contribution in [-0.2, 0) is 14.8 Å². The van der Waals surface area contributed by atoms with Crippen molar-refractivity contribution in [2.45, 2.75) is 24.0 Å². The van der Waals surface area contributed by atoms with Crippen LogP contribution < -0.4 is 9.60 Å². The fraction of sp³-hybridized carbons (Fsp3) is 0.700. The molecule has 2 heterocycles. The number of hydrogen-bond donors (Lipinski definition) is 2. The number of aryl methyl sites for hydroxylation is 1. The van der Waals surface area contributed by atoms with Crippen LogP contribution in [0.15, 0.2) is 9.00 Å². The van der Waals surface area contributed by atoms with Crippen LogP contribution in [0.5, 0.6) is 0 Å². The topological polar surface area (TPSA) is 88.3 Å². The van der Waals surface area contributed by atoms with Crippen molar-refractivity contribution in [1.82, 2.24) is 9.71 Å². The summed E-state index contributed by atoms with van der Waals surface area (Å²) in [6.45, 7) is 3.27. The van der Waals surface area contributed by atoms with E-state index >= 15 is 0 Å². The van der Waals surface area contributed by atoms with E-state index in [-0.39, 0.29) is 15.0 Å². The first kappa shape index (κ1) is 13.7. The molecule has 6 nitrogen and oxygen atoms in total. The second-order valence-electron chi connectivity index (χ2n) is 4.36. The van der Waals surface area contributed by atoms with Gasteiger partial charge in [-0.2, -0.15) is 0 Å². The Morgan fingerprint density at radius 1 is 1.56 bits per heavy atom. The Labute approximate surface area is 109 Å². The van der Waals surface area contributed by atoms with Crippen molar-refractivity contribution in [2.75, 3.05) is 19.8 Å². The highest BCUT2D eigenvalue weighted by Crippen LogP contribution is 2.17. The lowest BCUT2D eigenvalue weighted by Crippen LogP contribution is -2.33. The minimum atomic E-state index is -3.59. The van der Waals surface area contributed by atoms with Crippen LogP contribution in [0.25, 0.3) is 0 Å². The van der Waals surface area contributed by atoms with E-state index in [1.165, 1.54) is 0 Å². The number of thiazole rings is 1. The van der Waals surface area contributed by atoms with Crippen molar-refractivity contribution in [1.29, 1.82) is 0 Å². The normalized spacial score (nSPS) is 21.1. The summed E-state index contributed by atoms with van der Waals surface area (Å²) in [7, 11) is -3.59. The average Bonchev–Trinajstić information content (AvgIpc) is 2.68.